The molecule has 1 N–H and O–H groups in total. The molecule has 6 rings (SSSR count). The van der Waals surface area contributed by atoms with Crippen molar-refractivity contribution in [1.82, 2.24) is 14.8 Å². The summed E-state index contributed by atoms with van der Waals surface area (Å²) in [6.07, 6.45) is 1.16. The molecule has 312 valence electrons. The molecule has 1 fully saturated rings. The minimum absolute atomic E-state index is 0.00116. The van der Waals surface area contributed by atoms with E-state index in [1.165, 1.54) is 22.9 Å². The molecule has 1 spiro atoms. The average molecular weight is 829 g/mol. The number of phosphoric ester groups is 1. The summed E-state index contributed by atoms with van der Waals surface area (Å²) < 4.78 is 71.6. The van der Waals surface area contributed by atoms with E-state index in [1.807, 2.05) is 6.92 Å². The number of benzene rings is 2. The van der Waals surface area contributed by atoms with E-state index in [-0.39, 0.29) is 35.2 Å². The number of rotatable bonds is 10. The zero-order chi connectivity index (χ0) is 42.4. The quantitative estimate of drug-likeness (QED) is 0.158. The van der Waals surface area contributed by atoms with E-state index >= 15 is 0 Å². The summed E-state index contributed by atoms with van der Waals surface area (Å²) in [5.74, 6) is -4.13. The monoisotopic (exact) mass is 828 g/mol. The maximum Gasteiger partial charge on any atom is 0.531 e. The van der Waals surface area contributed by atoms with E-state index < -0.39 is 90.2 Å². The van der Waals surface area contributed by atoms with Crippen LogP contribution in [0.2, 0.25) is 0 Å². The van der Waals surface area contributed by atoms with Crippen molar-refractivity contribution in [2.24, 2.45) is 5.16 Å². The highest BCUT2D eigenvalue weighted by Gasteiger charge is 2.54. The van der Waals surface area contributed by atoms with Crippen molar-refractivity contribution in [3.63, 3.8) is 0 Å². The van der Waals surface area contributed by atoms with Gasteiger partial charge in [-0.2, -0.15) is 0 Å². The summed E-state index contributed by atoms with van der Waals surface area (Å²) in [5.41, 5.74) is -3.97. The number of carbonyl (C=O) groups is 3. The second-order valence-corrected chi connectivity index (χ2v) is 18.0. The molecule has 58 heavy (non-hydrogen) atoms. The molecule has 0 aliphatic carbocycles. The molecule has 3 aromatic rings. The standard InChI is InChI=1S/C40H47F2N4O11P/c1-23-18-40(55-44-23)16-15-24(2)45-21-31(40)46-20-28(35(48)43-19-25-13-14-27(41)17-29(25)42)33(47)34(32(46)36(45)49)53-37(50)52-22-26-11-9-10-12-30(26)54-58(51,56-38(3,4)5)57-39(6,7)8/h9-14,17,20,24,31H,15-16,18-19,21-22H2,1-8H3,(H,43,48)/t24-,31+,40-/m0/s1. The molecule has 1 saturated heterocycles. The molecule has 2 amide bonds. The maximum atomic E-state index is 14.5. The van der Waals surface area contributed by atoms with Crippen LogP contribution in [0.1, 0.15) is 113 Å². The number of fused-ring (bicyclic) bond motifs is 5. The summed E-state index contributed by atoms with van der Waals surface area (Å²) in [6.45, 7) is 12.9. The number of hydrogen-bond donors (Lipinski definition) is 1. The van der Waals surface area contributed by atoms with Gasteiger partial charge in [-0.1, -0.05) is 29.4 Å². The number of carbonyl (C=O) groups excluding carboxylic acids is 3. The number of nitrogens with zero attached hydrogens (tertiary/aromatic N) is 3. The Morgan fingerprint density at radius 2 is 1.72 bits per heavy atom. The molecule has 15 nitrogen and oxygen atoms in total. The first-order valence-electron chi connectivity index (χ1n) is 18.7. The Morgan fingerprint density at radius 1 is 1.03 bits per heavy atom. The molecule has 2 bridgehead atoms. The maximum absolute atomic E-state index is 14.5. The lowest BCUT2D eigenvalue weighted by Crippen LogP contribution is -2.52. The van der Waals surface area contributed by atoms with Crippen molar-refractivity contribution < 1.29 is 55.6 Å². The molecule has 3 atom stereocenters. The third-order valence-corrected chi connectivity index (χ3v) is 11.6. The number of aromatic nitrogens is 1. The second kappa shape index (κ2) is 15.9. The first-order chi connectivity index (χ1) is 27.1. The van der Waals surface area contributed by atoms with E-state index in [1.54, 1.807) is 65.5 Å². The van der Waals surface area contributed by atoms with Crippen LogP contribution in [0.5, 0.6) is 11.5 Å². The molecule has 4 heterocycles. The van der Waals surface area contributed by atoms with Gasteiger partial charge in [-0.15, -0.1) is 0 Å². The summed E-state index contributed by atoms with van der Waals surface area (Å²) in [4.78, 5) is 63.4. The lowest BCUT2D eigenvalue weighted by molar-refractivity contribution is -0.0655. The van der Waals surface area contributed by atoms with E-state index in [0.717, 1.165) is 12.1 Å². The van der Waals surface area contributed by atoms with Crippen LogP contribution in [0, 0.1) is 11.6 Å². The van der Waals surface area contributed by atoms with Gasteiger partial charge in [0, 0.05) is 48.9 Å². The Hall–Kier alpha value is -5.12. The number of phosphoric acid groups is 1. The third kappa shape index (κ3) is 9.27. The fraction of sp³-hybridized carbons (Fsp3) is 0.475. The zero-order valence-electron chi connectivity index (χ0n) is 33.6. The number of amides is 2. The Bertz CT molecular complexity index is 2250. The van der Waals surface area contributed by atoms with Crippen molar-refractivity contribution in [2.75, 3.05) is 6.54 Å². The van der Waals surface area contributed by atoms with Gasteiger partial charge in [0.05, 0.1) is 23.0 Å². The van der Waals surface area contributed by atoms with Gasteiger partial charge >= 0.3 is 14.0 Å². The topological polar surface area (TPSA) is 173 Å². The van der Waals surface area contributed by atoms with Gasteiger partial charge in [0.1, 0.15) is 29.6 Å². The average Bonchev–Trinajstić information content (AvgIpc) is 3.44. The number of para-hydroxylation sites is 1. The van der Waals surface area contributed by atoms with Crippen molar-refractivity contribution in [3.05, 3.63) is 92.9 Å². The van der Waals surface area contributed by atoms with Crippen molar-refractivity contribution in [2.45, 2.75) is 117 Å². The van der Waals surface area contributed by atoms with Crippen LogP contribution < -0.4 is 20.0 Å². The van der Waals surface area contributed by atoms with E-state index in [2.05, 4.69) is 10.5 Å². The van der Waals surface area contributed by atoms with Gasteiger partial charge in [-0.3, -0.25) is 23.4 Å². The number of pyridine rings is 1. The molecular formula is C40H47F2N4O11P. The molecule has 2 aromatic carbocycles. The van der Waals surface area contributed by atoms with Crippen LogP contribution in [0.4, 0.5) is 13.6 Å². The Kier molecular flexibility index (Phi) is 11.7. The first-order valence-corrected chi connectivity index (χ1v) is 20.2. The predicted octanol–water partition coefficient (Wildman–Crippen LogP) is 7.60. The summed E-state index contributed by atoms with van der Waals surface area (Å²) >= 11 is 0. The molecule has 18 heteroatoms. The fourth-order valence-electron chi connectivity index (χ4n) is 7.11. The van der Waals surface area contributed by atoms with Crippen LogP contribution in [-0.4, -0.2) is 62.5 Å². The van der Waals surface area contributed by atoms with Gasteiger partial charge in [-0.05, 0) is 80.4 Å². The Labute approximate surface area is 334 Å². The third-order valence-electron chi connectivity index (χ3n) is 9.61. The SMILES string of the molecule is CC1=NO[C@@]2(CC[C@H](C)N3C[C@H]2n2cc(C(=O)NCc4ccc(F)cc4F)c(=O)c(OC(=O)OCc4ccccc4OP(=O)(OC(C)(C)C)OC(C)(C)C)c2C3=O)C1. The molecule has 0 saturated carbocycles. The second-order valence-electron chi connectivity index (χ2n) is 16.6. The van der Waals surface area contributed by atoms with E-state index in [4.69, 9.17) is 27.9 Å². The van der Waals surface area contributed by atoms with E-state index in [0.29, 0.717) is 31.0 Å². The molecule has 1 aromatic heterocycles. The highest BCUT2D eigenvalue weighted by atomic mass is 31.2. The number of oxime groups is 1. The minimum Gasteiger partial charge on any atom is -0.429 e. The molecule has 3 aliphatic heterocycles. The minimum atomic E-state index is -4.27. The number of halogens is 2. The van der Waals surface area contributed by atoms with Crippen LogP contribution in [0.25, 0.3) is 0 Å². The summed E-state index contributed by atoms with van der Waals surface area (Å²) in [5, 5.41) is 6.67. The molecule has 0 unspecified atom stereocenters. The smallest absolute Gasteiger partial charge is 0.429 e. The van der Waals surface area contributed by atoms with Gasteiger partial charge in [0.25, 0.3) is 11.8 Å². The van der Waals surface area contributed by atoms with Crippen LogP contribution in [-0.2, 0) is 36.3 Å². The van der Waals surface area contributed by atoms with Crippen molar-refractivity contribution >= 4 is 31.5 Å². The van der Waals surface area contributed by atoms with Crippen molar-refractivity contribution in [3.8, 4) is 11.5 Å². The normalized spacial score (nSPS) is 20.5. The number of hydrogen-bond acceptors (Lipinski definition) is 12. The molecular weight excluding hydrogens is 781 g/mol. The van der Waals surface area contributed by atoms with Crippen LogP contribution >= 0.6 is 7.82 Å². The first kappa shape index (κ1) is 42.5. The summed E-state index contributed by atoms with van der Waals surface area (Å²) in [7, 11) is -4.27. The van der Waals surface area contributed by atoms with Gasteiger partial charge in [0.2, 0.25) is 11.2 Å². The lowest BCUT2D eigenvalue weighted by Gasteiger charge is -2.42. The molecule has 0 radical (unpaired) electrons. The Morgan fingerprint density at radius 3 is 2.36 bits per heavy atom. The van der Waals surface area contributed by atoms with Gasteiger partial charge < -0.3 is 33.6 Å². The zero-order valence-corrected chi connectivity index (χ0v) is 34.4. The Balaban J connectivity index is 1.34. The van der Waals surface area contributed by atoms with Crippen molar-refractivity contribution in [1.29, 1.82) is 0 Å². The van der Waals surface area contributed by atoms with Crippen LogP contribution in [0.15, 0.2) is 58.6 Å². The van der Waals surface area contributed by atoms with Gasteiger partial charge in [-0.25, -0.2) is 18.1 Å². The predicted molar refractivity (Wildman–Crippen MR) is 206 cm³/mol. The highest BCUT2D eigenvalue weighted by molar-refractivity contribution is 7.49. The highest BCUT2D eigenvalue weighted by Crippen LogP contribution is 2.55. The van der Waals surface area contributed by atoms with E-state index in [9.17, 15) is 32.5 Å². The van der Waals surface area contributed by atoms with Gasteiger partial charge in [0.15, 0.2) is 11.3 Å². The largest absolute Gasteiger partial charge is 0.531 e. The number of ether oxygens (including phenoxy) is 2. The van der Waals surface area contributed by atoms with Crippen LogP contribution in [0.3, 0.4) is 0 Å². The number of nitrogens with one attached hydrogen (secondary N) is 1. The molecule has 3 aliphatic rings. The fourth-order valence-corrected chi connectivity index (χ4v) is 8.98. The lowest BCUT2D eigenvalue weighted by atomic mass is 9.84. The summed E-state index contributed by atoms with van der Waals surface area (Å²) in [6, 6.07) is 8.03.